The maximum absolute atomic E-state index is 13.4. The summed E-state index contributed by atoms with van der Waals surface area (Å²) in [5.41, 5.74) is 2.53. The minimum atomic E-state index is -0.519. The molecule has 3 aromatic carbocycles. The van der Waals surface area contributed by atoms with Crippen LogP contribution in [-0.2, 0) is 0 Å². The van der Waals surface area contributed by atoms with Gasteiger partial charge in [0.2, 0.25) is 0 Å². The van der Waals surface area contributed by atoms with Crippen LogP contribution in [0.5, 0.6) is 5.75 Å². The van der Waals surface area contributed by atoms with Crippen molar-refractivity contribution in [1.82, 2.24) is 5.01 Å². The minimum Gasteiger partial charge on any atom is -0.496 e. The standard InChI is InChI=1S/C23H18BrN3O4/c1-31-22-8-3-2-7-19(22)21-14-20(15-9-11-17(24)12-10-15)25-26(21)23(28)16-5-4-6-18(13-16)27(29)30/h2-13,21H,14H2,1H3/t21-/m0/s1. The van der Waals surface area contributed by atoms with E-state index < -0.39 is 16.9 Å². The Morgan fingerprint density at radius 1 is 1.13 bits per heavy atom. The maximum atomic E-state index is 13.4. The van der Waals surface area contributed by atoms with Crippen LogP contribution in [0.4, 0.5) is 5.69 Å². The zero-order valence-electron chi connectivity index (χ0n) is 16.6. The third-order valence-electron chi connectivity index (χ3n) is 5.10. The van der Waals surface area contributed by atoms with E-state index in [1.54, 1.807) is 13.2 Å². The van der Waals surface area contributed by atoms with E-state index in [1.165, 1.54) is 23.2 Å². The van der Waals surface area contributed by atoms with Gasteiger partial charge in [0, 0.05) is 34.2 Å². The van der Waals surface area contributed by atoms with Gasteiger partial charge < -0.3 is 4.74 Å². The third-order valence-corrected chi connectivity index (χ3v) is 5.63. The van der Waals surface area contributed by atoms with Gasteiger partial charge in [0.15, 0.2) is 0 Å². The smallest absolute Gasteiger partial charge is 0.274 e. The number of para-hydroxylation sites is 1. The van der Waals surface area contributed by atoms with E-state index in [0.29, 0.717) is 12.2 Å². The van der Waals surface area contributed by atoms with Crippen LogP contribution in [0.2, 0.25) is 0 Å². The molecule has 0 radical (unpaired) electrons. The van der Waals surface area contributed by atoms with Gasteiger partial charge in [0.05, 0.1) is 23.8 Å². The Kier molecular flexibility index (Phi) is 5.81. The van der Waals surface area contributed by atoms with Crippen molar-refractivity contribution in [2.45, 2.75) is 12.5 Å². The number of benzene rings is 3. The van der Waals surface area contributed by atoms with Crippen LogP contribution < -0.4 is 4.74 Å². The van der Waals surface area contributed by atoms with Crippen LogP contribution in [-0.4, -0.2) is 28.7 Å². The number of amides is 1. The second-order valence-corrected chi connectivity index (χ2v) is 7.89. The number of nitro benzene ring substituents is 1. The first-order valence-corrected chi connectivity index (χ1v) is 10.3. The summed E-state index contributed by atoms with van der Waals surface area (Å²) in [6.45, 7) is 0. The van der Waals surface area contributed by atoms with Gasteiger partial charge in [-0.3, -0.25) is 14.9 Å². The van der Waals surface area contributed by atoms with Crippen LogP contribution >= 0.6 is 15.9 Å². The highest BCUT2D eigenvalue weighted by Gasteiger charge is 2.35. The number of non-ortho nitro benzene ring substituents is 1. The van der Waals surface area contributed by atoms with Crippen molar-refractivity contribution in [1.29, 1.82) is 0 Å². The Morgan fingerprint density at radius 2 is 1.87 bits per heavy atom. The molecule has 0 bridgehead atoms. The number of carbonyl (C=O) groups is 1. The minimum absolute atomic E-state index is 0.143. The molecule has 3 aromatic rings. The number of methoxy groups -OCH3 is 1. The molecule has 0 aromatic heterocycles. The fraction of sp³-hybridized carbons (Fsp3) is 0.130. The molecule has 7 nitrogen and oxygen atoms in total. The molecule has 0 saturated heterocycles. The molecular weight excluding hydrogens is 462 g/mol. The second-order valence-electron chi connectivity index (χ2n) is 6.97. The number of nitrogens with zero attached hydrogens (tertiary/aromatic N) is 3. The fourth-order valence-electron chi connectivity index (χ4n) is 3.58. The van der Waals surface area contributed by atoms with Gasteiger partial charge in [-0.2, -0.15) is 5.10 Å². The number of hydrogen-bond acceptors (Lipinski definition) is 5. The van der Waals surface area contributed by atoms with Crippen LogP contribution in [0, 0.1) is 10.1 Å². The molecule has 1 aliphatic rings. The molecule has 0 fully saturated rings. The van der Waals surface area contributed by atoms with E-state index >= 15 is 0 Å². The second kappa shape index (κ2) is 8.69. The molecule has 8 heteroatoms. The first-order valence-electron chi connectivity index (χ1n) is 9.52. The summed E-state index contributed by atoms with van der Waals surface area (Å²) in [7, 11) is 1.58. The molecular formula is C23H18BrN3O4. The SMILES string of the molecule is COc1ccccc1[C@@H]1CC(c2ccc(Br)cc2)=NN1C(=O)c1cccc([N+](=O)[O-])c1. The Labute approximate surface area is 187 Å². The molecule has 4 rings (SSSR count). The van der Waals surface area contributed by atoms with Crippen molar-refractivity contribution < 1.29 is 14.5 Å². The van der Waals surface area contributed by atoms with E-state index in [4.69, 9.17) is 4.74 Å². The molecule has 156 valence electrons. The first-order chi connectivity index (χ1) is 15.0. The average molecular weight is 480 g/mol. The van der Waals surface area contributed by atoms with Crippen molar-refractivity contribution >= 4 is 33.2 Å². The lowest BCUT2D eigenvalue weighted by Gasteiger charge is -2.23. The van der Waals surface area contributed by atoms with Crippen molar-refractivity contribution in [2.75, 3.05) is 7.11 Å². The summed E-state index contributed by atoms with van der Waals surface area (Å²) in [5, 5.41) is 17.2. The van der Waals surface area contributed by atoms with Crippen molar-refractivity contribution in [3.63, 3.8) is 0 Å². The molecule has 0 unspecified atom stereocenters. The summed E-state index contributed by atoms with van der Waals surface area (Å²) < 4.78 is 6.46. The Morgan fingerprint density at radius 3 is 2.58 bits per heavy atom. The van der Waals surface area contributed by atoms with Gasteiger partial charge in [0.25, 0.3) is 11.6 Å². The Bertz CT molecular complexity index is 1180. The predicted molar refractivity (Wildman–Crippen MR) is 120 cm³/mol. The predicted octanol–water partition coefficient (Wildman–Crippen LogP) is 5.36. The normalized spacial score (nSPS) is 15.5. The molecule has 0 spiro atoms. The number of rotatable bonds is 5. The molecule has 1 heterocycles. The number of nitro groups is 1. The lowest BCUT2D eigenvalue weighted by molar-refractivity contribution is -0.384. The largest absolute Gasteiger partial charge is 0.496 e. The van der Waals surface area contributed by atoms with Crippen molar-refractivity contribution in [3.8, 4) is 5.75 Å². The van der Waals surface area contributed by atoms with E-state index in [2.05, 4.69) is 21.0 Å². The van der Waals surface area contributed by atoms with Crippen LogP contribution in [0.1, 0.15) is 33.9 Å². The first kappa shape index (κ1) is 20.7. The van der Waals surface area contributed by atoms with Gasteiger partial charge in [-0.15, -0.1) is 0 Å². The van der Waals surface area contributed by atoms with Crippen LogP contribution in [0.3, 0.4) is 0 Å². The van der Waals surface area contributed by atoms with Crippen LogP contribution in [0.15, 0.2) is 82.4 Å². The van der Waals surface area contributed by atoms with Gasteiger partial charge in [0.1, 0.15) is 5.75 Å². The van der Waals surface area contributed by atoms with Gasteiger partial charge in [-0.1, -0.05) is 52.3 Å². The summed E-state index contributed by atoms with van der Waals surface area (Å²) in [6.07, 6.45) is 0.489. The lowest BCUT2D eigenvalue weighted by Crippen LogP contribution is -2.27. The summed E-state index contributed by atoms with van der Waals surface area (Å²) in [4.78, 5) is 24.0. The highest BCUT2D eigenvalue weighted by atomic mass is 79.9. The zero-order valence-corrected chi connectivity index (χ0v) is 18.2. The van der Waals surface area contributed by atoms with Gasteiger partial charge in [-0.05, 0) is 29.8 Å². The van der Waals surface area contributed by atoms with E-state index in [9.17, 15) is 14.9 Å². The molecule has 1 atom stereocenters. The molecule has 0 N–H and O–H groups in total. The highest BCUT2D eigenvalue weighted by molar-refractivity contribution is 9.10. The number of hydrogen-bond donors (Lipinski definition) is 0. The lowest BCUT2D eigenvalue weighted by atomic mass is 9.97. The number of carbonyl (C=O) groups excluding carboxylic acids is 1. The zero-order chi connectivity index (χ0) is 22.0. The topological polar surface area (TPSA) is 85.0 Å². The van der Waals surface area contributed by atoms with E-state index in [0.717, 1.165) is 21.3 Å². The highest BCUT2D eigenvalue weighted by Crippen LogP contribution is 2.38. The Hall–Kier alpha value is -3.52. The summed E-state index contributed by atoms with van der Waals surface area (Å²) >= 11 is 3.43. The maximum Gasteiger partial charge on any atom is 0.274 e. The number of halogens is 1. The Balaban J connectivity index is 1.77. The summed E-state index contributed by atoms with van der Waals surface area (Å²) in [6, 6.07) is 20.5. The fourth-order valence-corrected chi connectivity index (χ4v) is 3.85. The third kappa shape index (κ3) is 4.20. The molecule has 1 amide bonds. The van der Waals surface area contributed by atoms with Gasteiger partial charge in [-0.25, -0.2) is 5.01 Å². The summed E-state index contributed by atoms with van der Waals surface area (Å²) in [5.74, 6) is 0.239. The van der Waals surface area contributed by atoms with E-state index in [1.807, 2.05) is 48.5 Å². The van der Waals surface area contributed by atoms with Crippen LogP contribution in [0.25, 0.3) is 0 Å². The van der Waals surface area contributed by atoms with Crippen molar-refractivity contribution in [3.05, 3.63) is 104 Å². The van der Waals surface area contributed by atoms with Gasteiger partial charge >= 0.3 is 0 Å². The molecule has 1 aliphatic heterocycles. The quantitative estimate of drug-likeness (QED) is 0.364. The number of hydrazone groups is 1. The molecule has 31 heavy (non-hydrogen) atoms. The number of ether oxygens (including phenoxy) is 1. The average Bonchev–Trinajstić information content (AvgIpc) is 3.24. The molecule has 0 aliphatic carbocycles. The van der Waals surface area contributed by atoms with E-state index in [-0.39, 0.29) is 11.3 Å². The van der Waals surface area contributed by atoms with Crippen molar-refractivity contribution in [2.24, 2.45) is 5.10 Å². The monoisotopic (exact) mass is 479 g/mol. The molecule has 0 saturated carbocycles.